The Morgan fingerprint density at radius 1 is 1.43 bits per heavy atom. The van der Waals surface area contributed by atoms with Gasteiger partial charge in [0, 0.05) is 1.43 Å². The minimum absolute atomic E-state index is 0. The predicted octanol–water partition coefficient (Wildman–Crippen LogP) is 2.60. The Hall–Kier alpha value is -1.51. The Morgan fingerprint density at radius 2 is 2.14 bits per heavy atom. The summed E-state index contributed by atoms with van der Waals surface area (Å²) in [4.78, 5) is 10.9. The summed E-state index contributed by atoms with van der Waals surface area (Å²) in [6, 6.07) is 5.70. The number of rotatable bonds is 0. The van der Waals surface area contributed by atoms with Crippen LogP contribution in [0, 0.1) is 6.92 Å². The molecule has 1 aromatic carbocycles. The molecule has 3 heteroatoms. The molecule has 1 aromatic rings. The smallest absolute Gasteiger partial charge is 0.262 e. The van der Waals surface area contributed by atoms with Gasteiger partial charge in [-0.1, -0.05) is 19.9 Å². The first-order chi connectivity index (χ1) is 6.75. The fourth-order valence-corrected chi connectivity index (χ4v) is 1.18. The average Bonchev–Trinajstić information content (AvgIpc) is 2.21. The number of carbonyl (C=O) groups is 1. The Balaban J connectivity index is 0.000000617. The van der Waals surface area contributed by atoms with Crippen LogP contribution < -0.4 is 10.1 Å². The van der Waals surface area contributed by atoms with Crippen LogP contribution >= 0.6 is 0 Å². The second-order valence-corrected chi connectivity index (χ2v) is 2.84. The van der Waals surface area contributed by atoms with E-state index in [1.807, 2.05) is 39.0 Å². The molecule has 0 radical (unpaired) electrons. The molecule has 0 atom stereocenters. The fraction of sp³-hybridized carbons (Fsp3) is 0.364. The monoisotopic (exact) mass is 195 g/mol. The molecule has 1 N–H and O–H groups in total. The first-order valence-corrected chi connectivity index (χ1v) is 4.79. The van der Waals surface area contributed by atoms with E-state index in [0.29, 0.717) is 0 Å². The fourth-order valence-electron chi connectivity index (χ4n) is 1.18. The third-order valence-corrected chi connectivity index (χ3v) is 1.77. The molecule has 0 aliphatic carbocycles. The molecule has 14 heavy (non-hydrogen) atoms. The van der Waals surface area contributed by atoms with Crippen LogP contribution in [-0.2, 0) is 4.79 Å². The molecule has 1 amide bonds. The maximum atomic E-state index is 10.9. The van der Waals surface area contributed by atoms with Crippen molar-refractivity contribution >= 4 is 11.6 Å². The van der Waals surface area contributed by atoms with Crippen LogP contribution in [-0.4, -0.2) is 12.5 Å². The Bertz CT molecular complexity index is 339. The quantitative estimate of drug-likeness (QED) is 0.691. The van der Waals surface area contributed by atoms with Crippen molar-refractivity contribution in [3.63, 3.8) is 0 Å². The molecule has 1 heterocycles. The molecule has 0 spiro atoms. The van der Waals surface area contributed by atoms with E-state index in [1.165, 1.54) is 0 Å². The van der Waals surface area contributed by atoms with E-state index in [-0.39, 0.29) is 13.9 Å². The summed E-state index contributed by atoms with van der Waals surface area (Å²) in [5.74, 6) is 0.668. The van der Waals surface area contributed by atoms with Crippen LogP contribution in [0.1, 0.15) is 20.8 Å². The molecule has 3 nitrogen and oxygen atoms in total. The summed E-state index contributed by atoms with van der Waals surface area (Å²) in [6.45, 7) is 6.11. The molecule has 0 saturated carbocycles. The van der Waals surface area contributed by atoms with Crippen molar-refractivity contribution in [2.75, 3.05) is 11.9 Å². The number of fused-ring (bicyclic) bond motifs is 1. The van der Waals surface area contributed by atoms with Crippen LogP contribution in [0.2, 0.25) is 0 Å². The normalized spacial score (nSPS) is 12.9. The van der Waals surface area contributed by atoms with Crippen molar-refractivity contribution in [1.82, 2.24) is 0 Å². The van der Waals surface area contributed by atoms with Crippen molar-refractivity contribution in [1.29, 1.82) is 0 Å². The van der Waals surface area contributed by atoms with Gasteiger partial charge in [0.25, 0.3) is 5.91 Å². The second kappa shape index (κ2) is 4.65. The van der Waals surface area contributed by atoms with Gasteiger partial charge in [-0.2, -0.15) is 0 Å². The van der Waals surface area contributed by atoms with Crippen LogP contribution in [0.25, 0.3) is 0 Å². The highest BCUT2D eigenvalue weighted by Crippen LogP contribution is 2.27. The van der Waals surface area contributed by atoms with E-state index in [2.05, 4.69) is 5.32 Å². The minimum Gasteiger partial charge on any atom is -0.482 e. The minimum atomic E-state index is -0.0913. The lowest BCUT2D eigenvalue weighted by Crippen LogP contribution is -2.25. The topological polar surface area (TPSA) is 38.3 Å². The van der Waals surface area contributed by atoms with Crippen molar-refractivity contribution in [2.45, 2.75) is 20.8 Å². The summed E-state index contributed by atoms with van der Waals surface area (Å²) >= 11 is 0. The van der Waals surface area contributed by atoms with Gasteiger partial charge in [0.05, 0.1) is 5.69 Å². The van der Waals surface area contributed by atoms with Crippen LogP contribution in [0.15, 0.2) is 18.2 Å². The molecule has 1 aliphatic rings. The second-order valence-electron chi connectivity index (χ2n) is 2.84. The first kappa shape index (κ1) is 10.6. The van der Waals surface area contributed by atoms with Crippen molar-refractivity contribution in [2.24, 2.45) is 0 Å². The van der Waals surface area contributed by atoms with Crippen LogP contribution in [0.4, 0.5) is 5.69 Å². The van der Waals surface area contributed by atoms with Gasteiger partial charge < -0.3 is 10.1 Å². The van der Waals surface area contributed by atoms with E-state index in [9.17, 15) is 4.79 Å². The molecule has 78 valence electrons. The number of benzene rings is 1. The third-order valence-electron chi connectivity index (χ3n) is 1.77. The molecule has 0 unspecified atom stereocenters. The van der Waals surface area contributed by atoms with Crippen LogP contribution in [0.3, 0.4) is 0 Å². The lowest BCUT2D eigenvalue weighted by atomic mass is 10.2. The molecule has 0 fully saturated rings. The summed E-state index contributed by atoms with van der Waals surface area (Å²) in [5, 5.41) is 2.72. The van der Waals surface area contributed by atoms with E-state index >= 15 is 0 Å². The standard InChI is InChI=1S/C9H9NO2.C2H6.H2/c1-6-2-3-7-8(4-6)12-5-9(11)10-7;1-2;/h2-4H,5H2,1H3,(H,10,11);1-2H3;1H. The lowest BCUT2D eigenvalue weighted by Gasteiger charge is -2.17. The number of anilines is 1. The van der Waals surface area contributed by atoms with Gasteiger partial charge in [-0.15, -0.1) is 0 Å². The van der Waals surface area contributed by atoms with Gasteiger partial charge in [-0.05, 0) is 24.6 Å². The van der Waals surface area contributed by atoms with Gasteiger partial charge in [0.2, 0.25) is 0 Å². The van der Waals surface area contributed by atoms with E-state index in [1.54, 1.807) is 0 Å². The Labute approximate surface area is 85.6 Å². The molecule has 0 aromatic heterocycles. The van der Waals surface area contributed by atoms with Gasteiger partial charge in [0.15, 0.2) is 6.61 Å². The number of aryl methyl sites for hydroxylation is 1. The Kier molecular flexibility index (Phi) is 3.51. The Morgan fingerprint density at radius 3 is 2.86 bits per heavy atom. The number of ether oxygens (including phenoxy) is 1. The van der Waals surface area contributed by atoms with E-state index in [0.717, 1.165) is 17.0 Å². The maximum Gasteiger partial charge on any atom is 0.262 e. The molecule has 1 aliphatic heterocycles. The number of amides is 1. The predicted molar refractivity (Wildman–Crippen MR) is 58.8 cm³/mol. The number of nitrogens with one attached hydrogen (secondary N) is 1. The number of hydrogen-bond acceptors (Lipinski definition) is 2. The molecule has 0 saturated heterocycles. The number of carbonyl (C=O) groups excluding carboxylic acids is 1. The molecule has 2 rings (SSSR count). The maximum absolute atomic E-state index is 10.9. The van der Waals surface area contributed by atoms with Crippen LogP contribution in [0.5, 0.6) is 5.75 Å². The van der Waals surface area contributed by atoms with Crippen molar-refractivity contribution < 1.29 is 11.0 Å². The SMILES string of the molecule is CC.Cc1ccc2c(c1)OCC(=O)N2.[HH]. The molecule has 0 bridgehead atoms. The van der Waals surface area contributed by atoms with E-state index < -0.39 is 0 Å². The summed E-state index contributed by atoms with van der Waals surface area (Å²) in [5.41, 5.74) is 1.89. The summed E-state index contributed by atoms with van der Waals surface area (Å²) < 4.78 is 5.20. The average molecular weight is 195 g/mol. The number of hydrogen-bond donors (Lipinski definition) is 1. The van der Waals surface area contributed by atoms with Crippen molar-refractivity contribution in [3.8, 4) is 5.75 Å². The third kappa shape index (κ3) is 2.25. The largest absolute Gasteiger partial charge is 0.482 e. The summed E-state index contributed by atoms with van der Waals surface area (Å²) in [7, 11) is 0. The lowest BCUT2D eigenvalue weighted by molar-refractivity contribution is -0.118. The van der Waals surface area contributed by atoms with Gasteiger partial charge in [0.1, 0.15) is 5.75 Å². The van der Waals surface area contributed by atoms with Gasteiger partial charge in [-0.25, -0.2) is 0 Å². The zero-order valence-corrected chi connectivity index (χ0v) is 8.76. The highest BCUT2D eigenvalue weighted by molar-refractivity contribution is 5.95. The van der Waals surface area contributed by atoms with E-state index in [4.69, 9.17) is 4.74 Å². The highest BCUT2D eigenvalue weighted by atomic mass is 16.5. The zero-order chi connectivity index (χ0) is 10.6. The molecular formula is C11H17NO2. The zero-order valence-electron chi connectivity index (χ0n) is 8.76. The molecular weight excluding hydrogens is 178 g/mol. The first-order valence-electron chi connectivity index (χ1n) is 4.79. The van der Waals surface area contributed by atoms with Gasteiger partial charge >= 0.3 is 0 Å². The highest BCUT2D eigenvalue weighted by Gasteiger charge is 2.14. The summed E-state index contributed by atoms with van der Waals surface area (Å²) in [6.07, 6.45) is 0. The van der Waals surface area contributed by atoms with Gasteiger partial charge in [-0.3, -0.25) is 4.79 Å². The van der Waals surface area contributed by atoms with Crippen molar-refractivity contribution in [3.05, 3.63) is 23.8 Å².